The smallest absolute Gasteiger partial charge is 0.134 e. The van der Waals surface area contributed by atoms with Gasteiger partial charge in [-0.2, -0.15) is 0 Å². The normalized spacial score (nSPS) is 22.2. The van der Waals surface area contributed by atoms with Crippen LogP contribution in [0.3, 0.4) is 0 Å². The molecule has 1 aromatic rings. The molecule has 0 aliphatic carbocycles. The molecule has 2 rings (SSSR count). The molecular formula is C10H13ClN2O. The summed E-state index contributed by atoms with van der Waals surface area (Å²) in [6.07, 6.45) is 0. The Morgan fingerprint density at radius 3 is 2.86 bits per heavy atom. The lowest BCUT2D eigenvalue weighted by Crippen LogP contribution is -2.42. The predicted octanol–water partition coefficient (Wildman–Crippen LogP) is 1.28. The number of hydrogen-bond acceptors (Lipinski definition) is 3. The van der Waals surface area contributed by atoms with Gasteiger partial charge in [0.25, 0.3) is 0 Å². The summed E-state index contributed by atoms with van der Waals surface area (Å²) in [4.78, 5) is 0. The third-order valence-corrected chi connectivity index (χ3v) is 2.72. The standard InChI is InChI=1S/C10H13ClN2O/c11-8-5-7(1-2-10(8)14)9-6-12-3-4-13-9/h1-2,5,9,12-14H,3-4,6H2/t9-/m0/s1. The molecule has 3 N–H and O–H groups in total. The summed E-state index contributed by atoms with van der Waals surface area (Å²) >= 11 is 5.83. The topological polar surface area (TPSA) is 44.3 Å². The second-order valence-electron chi connectivity index (χ2n) is 3.42. The number of aromatic hydroxyl groups is 1. The molecule has 1 aliphatic rings. The van der Waals surface area contributed by atoms with Crippen LogP contribution in [0.4, 0.5) is 0 Å². The van der Waals surface area contributed by atoms with E-state index < -0.39 is 0 Å². The molecule has 1 saturated heterocycles. The minimum absolute atomic E-state index is 0.138. The van der Waals surface area contributed by atoms with Crippen LogP contribution in [0.1, 0.15) is 11.6 Å². The fraction of sp³-hybridized carbons (Fsp3) is 0.400. The van der Waals surface area contributed by atoms with Crippen molar-refractivity contribution in [1.29, 1.82) is 0 Å². The zero-order valence-electron chi connectivity index (χ0n) is 7.76. The first kappa shape index (κ1) is 9.77. The van der Waals surface area contributed by atoms with Gasteiger partial charge in [-0.1, -0.05) is 17.7 Å². The molecule has 4 heteroatoms. The molecule has 0 aromatic heterocycles. The van der Waals surface area contributed by atoms with Gasteiger partial charge in [-0.15, -0.1) is 0 Å². The molecule has 3 nitrogen and oxygen atoms in total. The first-order valence-corrected chi connectivity index (χ1v) is 5.07. The molecule has 1 aromatic carbocycles. The lowest BCUT2D eigenvalue weighted by Gasteiger charge is -2.25. The van der Waals surface area contributed by atoms with Crippen LogP contribution in [-0.4, -0.2) is 24.7 Å². The summed E-state index contributed by atoms with van der Waals surface area (Å²) in [5.74, 6) is 0.138. The predicted molar refractivity (Wildman–Crippen MR) is 56.7 cm³/mol. The summed E-state index contributed by atoms with van der Waals surface area (Å²) in [5, 5.41) is 16.4. The summed E-state index contributed by atoms with van der Waals surface area (Å²) in [6.45, 7) is 2.87. The highest BCUT2D eigenvalue weighted by atomic mass is 35.5. The van der Waals surface area contributed by atoms with E-state index in [4.69, 9.17) is 11.6 Å². The first-order valence-electron chi connectivity index (χ1n) is 4.70. The summed E-state index contributed by atoms with van der Waals surface area (Å²) in [6, 6.07) is 5.63. The molecule has 1 fully saturated rings. The van der Waals surface area contributed by atoms with Gasteiger partial charge in [0, 0.05) is 25.7 Å². The fourth-order valence-corrected chi connectivity index (χ4v) is 1.82. The van der Waals surface area contributed by atoms with Crippen molar-refractivity contribution < 1.29 is 5.11 Å². The molecule has 0 amide bonds. The maximum atomic E-state index is 9.27. The molecule has 76 valence electrons. The molecule has 0 saturated carbocycles. The van der Waals surface area contributed by atoms with Crippen molar-refractivity contribution in [2.45, 2.75) is 6.04 Å². The van der Waals surface area contributed by atoms with Gasteiger partial charge in [0.1, 0.15) is 5.75 Å². The fourth-order valence-electron chi connectivity index (χ4n) is 1.63. The van der Waals surface area contributed by atoms with Crippen LogP contribution in [0, 0.1) is 0 Å². The largest absolute Gasteiger partial charge is 0.506 e. The second kappa shape index (κ2) is 4.17. The van der Waals surface area contributed by atoms with Gasteiger partial charge in [-0.3, -0.25) is 0 Å². The van der Waals surface area contributed by atoms with Crippen molar-refractivity contribution in [3.63, 3.8) is 0 Å². The Morgan fingerprint density at radius 1 is 1.36 bits per heavy atom. The minimum atomic E-state index is 0.138. The van der Waals surface area contributed by atoms with Crippen LogP contribution in [0.25, 0.3) is 0 Å². The molecule has 1 aliphatic heterocycles. The highest BCUT2D eigenvalue weighted by molar-refractivity contribution is 6.32. The lowest BCUT2D eigenvalue weighted by atomic mass is 10.1. The van der Waals surface area contributed by atoms with E-state index in [1.54, 1.807) is 6.07 Å². The Labute approximate surface area is 88.1 Å². The van der Waals surface area contributed by atoms with E-state index in [-0.39, 0.29) is 5.75 Å². The van der Waals surface area contributed by atoms with Gasteiger partial charge in [0.05, 0.1) is 5.02 Å². The van der Waals surface area contributed by atoms with E-state index in [1.165, 1.54) is 0 Å². The quantitative estimate of drug-likeness (QED) is 0.657. The third-order valence-electron chi connectivity index (χ3n) is 2.42. The number of halogens is 1. The van der Waals surface area contributed by atoms with Crippen molar-refractivity contribution in [2.75, 3.05) is 19.6 Å². The summed E-state index contributed by atoms with van der Waals surface area (Å²) in [7, 11) is 0. The number of phenols is 1. The number of benzene rings is 1. The van der Waals surface area contributed by atoms with Crippen molar-refractivity contribution in [1.82, 2.24) is 10.6 Å². The van der Waals surface area contributed by atoms with Crippen LogP contribution in [0.2, 0.25) is 5.02 Å². The van der Waals surface area contributed by atoms with Gasteiger partial charge in [-0.05, 0) is 17.7 Å². The van der Waals surface area contributed by atoms with Gasteiger partial charge >= 0.3 is 0 Å². The first-order chi connectivity index (χ1) is 6.77. The Bertz CT molecular complexity index is 324. The van der Waals surface area contributed by atoms with Crippen LogP contribution >= 0.6 is 11.6 Å². The number of nitrogens with one attached hydrogen (secondary N) is 2. The molecule has 14 heavy (non-hydrogen) atoms. The molecule has 0 unspecified atom stereocenters. The van der Waals surface area contributed by atoms with E-state index in [0.717, 1.165) is 25.2 Å². The third kappa shape index (κ3) is 2.00. The van der Waals surface area contributed by atoms with Crippen LogP contribution < -0.4 is 10.6 Å². The maximum Gasteiger partial charge on any atom is 0.134 e. The Hall–Kier alpha value is -0.770. The lowest BCUT2D eigenvalue weighted by molar-refractivity contribution is 0.429. The van der Waals surface area contributed by atoms with Gasteiger partial charge in [0.15, 0.2) is 0 Å². The monoisotopic (exact) mass is 212 g/mol. The molecule has 0 spiro atoms. The highest BCUT2D eigenvalue weighted by Gasteiger charge is 2.14. The van der Waals surface area contributed by atoms with Crippen molar-refractivity contribution in [2.24, 2.45) is 0 Å². The molecule has 0 radical (unpaired) electrons. The Kier molecular flexibility index (Phi) is 2.91. The average molecular weight is 213 g/mol. The van der Waals surface area contributed by atoms with Crippen molar-refractivity contribution in [3.8, 4) is 5.75 Å². The highest BCUT2D eigenvalue weighted by Crippen LogP contribution is 2.26. The van der Waals surface area contributed by atoms with Crippen LogP contribution in [0.15, 0.2) is 18.2 Å². The van der Waals surface area contributed by atoms with E-state index in [1.807, 2.05) is 12.1 Å². The van der Waals surface area contributed by atoms with E-state index in [9.17, 15) is 5.11 Å². The Morgan fingerprint density at radius 2 is 2.21 bits per heavy atom. The Balaban J connectivity index is 2.18. The number of piperazine rings is 1. The van der Waals surface area contributed by atoms with Gasteiger partial charge in [-0.25, -0.2) is 0 Å². The summed E-state index contributed by atoms with van der Waals surface area (Å²) < 4.78 is 0. The van der Waals surface area contributed by atoms with E-state index in [2.05, 4.69) is 10.6 Å². The minimum Gasteiger partial charge on any atom is -0.506 e. The van der Waals surface area contributed by atoms with E-state index in [0.29, 0.717) is 11.1 Å². The SMILES string of the molecule is Oc1ccc([C@@H]2CNCCN2)cc1Cl. The number of phenolic OH excluding ortho intramolecular Hbond substituents is 1. The number of hydrogen-bond donors (Lipinski definition) is 3. The number of rotatable bonds is 1. The van der Waals surface area contributed by atoms with Crippen molar-refractivity contribution >= 4 is 11.6 Å². The van der Waals surface area contributed by atoms with E-state index >= 15 is 0 Å². The van der Waals surface area contributed by atoms with Crippen LogP contribution in [0.5, 0.6) is 5.75 Å². The molecule has 1 heterocycles. The van der Waals surface area contributed by atoms with Crippen molar-refractivity contribution in [3.05, 3.63) is 28.8 Å². The average Bonchev–Trinajstić information content (AvgIpc) is 2.23. The molecule has 1 atom stereocenters. The molecule has 0 bridgehead atoms. The second-order valence-corrected chi connectivity index (χ2v) is 3.83. The van der Waals surface area contributed by atoms with Crippen LogP contribution in [-0.2, 0) is 0 Å². The molecular weight excluding hydrogens is 200 g/mol. The van der Waals surface area contributed by atoms with Gasteiger partial charge in [0.2, 0.25) is 0 Å². The zero-order chi connectivity index (χ0) is 9.97. The van der Waals surface area contributed by atoms with Gasteiger partial charge < -0.3 is 15.7 Å². The summed E-state index contributed by atoms with van der Waals surface area (Å²) in [5.41, 5.74) is 1.11. The maximum absolute atomic E-state index is 9.27. The zero-order valence-corrected chi connectivity index (χ0v) is 8.51.